The number of halogens is 4. The molecule has 0 amide bonds. The van der Waals surface area contributed by atoms with Crippen LogP contribution in [0.1, 0.15) is 11.1 Å². The Labute approximate surface area is 102 Å². The van der Waals surface area contributed by atoms with Crippen LogP contribution < -0.4 is 0 Å². The highest BCUT2D eigenvalue weighted by molar-refractivity contribution is 5.38. The predicted molar refractivity (Wildman–Crippen MR) is 60.8 cm³/mol. The molecule has 0 spiro atoms. The Morgan fingerprint density at radius 1 is 0.556 bits per heavy atom. The summed E-state index contributed by atoms with van der Waals surface area (Å²) in [7, 11) is 0. The molecule has 0 heterocycles. The molecule has 0 aliphatic heterocycles. The van der Waals surface area contributed by atoms with Crippen molar-refractivity contribution < 1.29 is 17.6 Å². The van der Waals surface area contributed by atoms with E-state index >= 15 is 0 Å². The fourth-order valence-electron chi connectivity index (χ4n) is 1.83. The molecule has 0 saturated carbocycles. The van der Waals surface area contributed by atoms with Crippen LogP contribution in [-0.4, -0.2) is 6.18 Å². The van der Waals surface area contributed by atoms with Gasteiger partial charge in [-0.2, -0.15) is 13.2 Å². The molecule has 0 aliphatic rings. The van der Waals surface area contributed by atoms with Crippen molar-refractivity contribution in [2.75, 3.05) is 0 Å². The molecule has 0 aromatic heterocycles. The molecule has 0 N–H and O–H groups in total. The lowest BCUT2D eigenvalue weighted by atomic mass is 9.87. The Kier molecular flexibility index (Phi) is 3.11. The Morgan fingerprint density at radius 3 is 1.17 bits per heavy atom. The van der Waals surface area contributed by atoms with Crippen LogP contribution in [0.25, 0.3) is 0 Å². The van der Waals surface area contributed by atoms with Crippen molar-refractivity contribution in [1.29, 1.82) is 0 Å². The molecular formula is C14H10F4. The van der Waals surface area contributed by atoms with E-state index in [-0.39, 0.29) is 0 Å². The van der Waals surface area contributed by atoms with Gasteiger partial charge in [0.25, 0.3) is 5.67 Å². The van der Waals surface area contributed by atoms with E-state index in [1.165, 1.54) is 24.3 Å². The summed E-state index contributed by atoms with van der Waals surface area (Å²) in [5.74, 6) is 0. The summed E-state index contributed by atoms with van der Waals surface area (Å²) in [6.07, 6.45) is -5.00. The minimum Gasteiger partial charge on any atom is -0.223 e. The normalized spacial score (nSPS) is 12.4. The molecule has 0 aliphatic carbocycles. The maximum Gasteiger partial charge on any atom is 0.431 e. The zero-order valence-corrected chi connectivity index (χ0v) is 9.29. The number of hydrogen-bond acceptors (Lipinski definition) is 0. The molecule has 0 nitrogen and oxygen atoms in total. The SMILES string of the molecule is FC(F)(F)C(F)(c1ccccc1)c1ccccc1. The Morgan fingerprint density at radius 2 is 0.889 bits per heavy atom. The summed E-state index contributed by atoms with van der Waals surface area (Å²) in [6, 6.07) is 13.2. The van der Waals surface area contributed by atoms with Crippen LogP contribution in [0.15, 0.2) is 60.7 Å². The first-order valence-corrected chi connectivity index (χ1v) is 5.33. The summed E-state index contributed by atoms with van der Waals surface area (Å²) >= 11 is 0. The van der Waals surface area contributed by atoms with Crippen molar-refractivity contribution in [1.82, 2.24) is 0 Å². The first-order valence-electron chi connectivity index (χ1n) is 5.33. The van der Waals surface area contributed by atoms with E-state index in [0.29, 0.717) is 0 Å². The van der Waals surface area contributed by atoms with Gasteiger partial charge in [0.05, 0.1) is 0 Å². The van der Waals surface area contributed by atoms with Crippen LogP contribution in [0.3, 0.4) is 0 Å². The standard InChI is InChI=1S/C14H10F4/c15-13(14(16,17)18,11-7-3-1-4-8-11)12-9-5-2-6-10-12/h1-10H. The molecule has 4 heteroatoms. The molecule has 0 saturated heterocycles. The summed E-state index contributed by atoms with van der Waals surface area (Å²) in [6.45, 7) is 0. The van der Waals surface area contributed by atoms with Crippen molar-refractivity contribution >= 4 is 0 Å². The number of hydrogen-bond donors (Lipinski definition) is 0. The number of benzene rings is 2. The van der Waals surface area contributed by atoms with Gasteiger partial charge < -0.3 is 0 Å². The second-order valence-electron chi connectivity index (χ2n) is 3.89. The second-order valence-corrected chi connectivity index (χ2v) is 3.89. The van der Waals surface area contributed by atoms with E-state index in [4.69, 9.17) is 0 Å². The predicted octanol–water partition coefficient (Wildman–Crippen LogP) is 4.46. The average Bonchev–Trinajstić information content (AvgIpc) is 2.38. The third-order valence-corrected chi connectivity index (χ3v) is 2.73. The molecule has 18 heavy (non-hydrogen) atoms. The minimum absolute atomic E-state index is 0.413. The highest BCUT2D eigenvalue weighted by Crippen LogP contribution is 2.47. The molecular weight excluding hydrogens is 244 g/mol. The van der Waals surface area contributed by atoms with Crippen molar-refractivity contribution in [3.05, 3.63) is 71.8 Å². The Balaban J connectivity index is 2.63. The monoisotopic (exact) mass is 254 g/mol. The summed E-state index contributed by atoms with van der Waals surface area (Å²) in [4.78, 5) is 0. The molecule has 94 valence electrons. The lowest BCUT2D eigenvalue weighted by molar-refractivity contribution is -0.219. The zero-order chi connectivity index (χ0) is 13.2. The minimum atomic E-state index is -5.00. The topological polar surface area (TPSA) is 0 Å². The van der Waals surface area contributed by atoms with Crippen molar-refractivity contribution in [2.45, 2.75) is 11.8 Å². The van der Waals surface area contributed by atoms with Gasteiger partial charge in [-0.3, -0.25) is 0 Å². The van der Waals surface area contributed by atoms with Gasteiger partial charge in [0.1, 0.15) is 0 Å². The van der Waals surface area contributed by atoms with E-state index in [1.807, 2.05) is 0 Å². The second kappa shape index (κ2) is 4.44. The smallest absolute Gasteiger partial charge is 0.223 e. The Hall–Kier alpha value is -1.84. The average molecular weight is 254 g/mol. The molecule has 2 aromatic carbocycles. The van der Waals surface area contributed by atoms with Crippen LogP contribution in [0.2, 0.25) is 0 Å². The molecule has 0 unspecified atom stereocenters. The van der Waals surface area contributed by atoms with Crippen molar-refractivity contribution in [3.8, 4) is 0 Å². The van der Waals surface area contributed by atoms with Crippen LogP contribution >= 0.6 is 0 Å². The van der Waals surface area contributed by atoms with Gasteiger partial charge in [-0.15, -0.1) is 0 Å². The van der Waals surface area contributed by atoms with Crippen LogP contribution in [0, 0.1) is 0 Å². The molecule has 0 radical (unpaired) electrons. The van der Waals surface area contributed by atoms with E-state index in [1.54, 1.807) is 12.1 Å². The molecule has 0 fully saturated rings. The van der Waals surface area contributed by atoms with Crippen molar-refractivity contribution in [2.24, 2.45) is 0 Å². The van der Waals surface area contributed by atoms with E-state index < -0.39 is 23.0 Å². The van der Waals surface area contributed by atoms with E-state index in [2.05, 4.69) is 0 Å². The van der Waals surface area contributed by atoms with E-state index in [0.717, 1.165) is 24.3 Å². The van der Waals surface area contributed by atoms with Gasteiger partial charge in [0.2, 0.25) is 0 Å². The number of alkyl halides is 4. The van der Waals surface area contributed by atoms with Gasteiger partial charge in [0.15, 0.2) is 0 Å². The fraction of sp³-hybridized carbons (Fsp3) is 0.143. The van der Waals surface area contributed by atoms with Gasteiger partial charge >= 0.3 is 6.18 Å². The first-order chi connectivity index (χ1) is 8.46. The lowest BCUT2D eigenvalue weighted by Crippen LogP contribution is -2.39. The van der Waals surface area contributed by atoms with E-state index in [9.17, 15) is 17.6 Å². The van der Waals surface area contributed by atoms with Crippen LogP contribution in [-0.2, 0) is 5.67 Å². The van der Waals surface area contributed by atoms with Crippen LogP contribution in [0.4, 0.5) is 17.6 Å². The van der Waals surface area contributed by atoms with Gasteiger partial charge in [-0.05, 0) is 0 Å². The maximum atomic E-state index is 14.6. The van der Waals surface area contributed by atoms with Crippen molar-refractivity contribution in [3.63, 3.8) is 0 Å². The zero-order valence-electron chi connectivity index (χ0n) is 9.29. The van der Waals surface area contributed by atoms with Gasteiger partial charge in [0, 0.05) is 11.1 Å². The fourth-order valence-corrected chi connectivity index (χ4v) is 1.83. The summed E-state index contributed by atoms with van der Waals surface area (Å²) < 4.78 is 53.9. The molecule has 2 aromatic rings. The third-order valence-electron chi connectivity index (χ3n) is 2.73. The first kappa shape index (κ1) is 12.6. The molecule has 0 bridgehead atoms. The third kappa shape index (κ3) is 1.98. The summed E-state index contributed by atoms with van der Waals surface area (Å²) in [5.41, 5.74) is -4.30. The highest BCUT2D eigenvalue weighted by Gasteiger charge is 2.58. The van der Waals surface area contributed by atoms with Crippen LogP contribution in [0.5, 0.6) is 0 Å². The largest absolute Gasteiger partial charge is 0.431 e. The maximum absolute atomic E-state index is 14.6. The van der Waals surface area contributed by atoms with Gasteiger partial charge in [-0.1, -0.05) is 60.7 Å². The molecule has 0 atom stereocenters. The highest BCUT2D eigenvalue weighted by atomic mass is 19.4. The Bertz CT molecular complexity index is 463. The van der Waals surface area contributed by atoms with Gasteiger partial charge in [-0.25, -0.2) is 4.39 Å². The lowest BCUT2D eigenvalue weighted by Gasteiger charge is -2.28. The quantitative estimate of drug-likeness (QED) is 0.694. The molecule has 2 rings (SSSR count). The number of rotatable bonds is 2. The summed E-state index contributed by atoms with van der Waals surface area (Å²) in [5, 5.41) is 0.